The molecule has 1 fully saturated rings. The summed E-state index contributed by atoms with van der Waals surface area (Å²) in [7, 11) is 2.09. The van der Waals surface area contributed by atoms with Crippen molar-refractivity contribution in [1.82, 2.24) is 20.2 Å². The summed E-state index contributed by atoms with van der Waals surface area (Å²) in [6.07, 6.45) is 4.54. The standard InChI is InChI=1S/C26H31N5O4/c1-26(2,3)35-25(33)30-17-5-7-19(8-6-17)34-23-9-12-27-22-16-28-21(15-20(22)23)24(32)29-18-10-13-31(4)14-11-18/h5-9,12,15-16,18H,10-11,13-14H2,1-4H3,(H,29,32)(H,30,33). The van der Waals surface area contributed by atoms with Gasteiger partial charge in [-0.3, -0.25) is 15.1 Å². The number of rotatable bonds is 5. The number of carbonyl (C=O) groups excluding carboxylic acids is 2. The van der Waals surface area contributed by atoms with E-state index in [-0.39, 0.29) is 11.9 Å². The molecule has 1 aliphatic heterocycles. The zero-order chi connectivity index (χ0) is 25.0. The highest BCUT2D eigenvalue weighted by molar-refractivity contribution is 5.97. The smallest absolute Gasteiger partial charge is 0.412 e. The van der Waals surface area contributed by atoms with Gasteiger partial charge in [0.1, 0.15) is 22.8 Å². The van der Waals surface area contributed by atoms with Gasteiger partial charge in [0.05, 0.1) is 11.7 Å². The van der Waals surface area contributed by atoms with E-state index in [1.54, 1.807) is 48.8 Å². The van der Waals surface area contributed by atoms with Crippen LogP contribution in [0.15, 0.2) is 48.8 Å². The monoisotopic (exact) mass is 477 g/mol. The van der Waals surface area contributed by atoms with E-state index in [0.29, 0.717) is 33.8 Å². The molecule has 4 rings (SSSR count). The first-order valence-corrected chi connectivity index (χ1v) is 11.7. The summed E-state index contributed by atoms with van der Waals surface area (Å²) in [5, 5.41) is 6.47. The molecule has 2 aromatic heterocycles. The molecule has 9 heteroatoms. The average molecular weight is 478 g/mol. The molecule has 0 bridgehead atoms. The third-order valence-corrected chi connectivity index (χ3v) is 5.60. The van der Waals surface area contributed by atoms with Crippen molar-refractivity contribution in [3.63, 3.8) is 0 Å². The number of amides is 2. The molecule has 9 nitrogen and oxygen atoms in total. The summed E-state index contributed by atoms with van der Waals surface area (Å²) in [6, 6.07) is 10.5. The number of benzene rings is 1. The van der Waals surface area contributed by atoms with Crippen LogP contribution < -0.4 is 15.4 Å². The number of nitrogens with one attached hydrogen (secondary N) is 2. The first-order chi connectivity index (χ1) is 16.7. The molecule has 184 valence electrons. The number of likely N-dealkylation sites (tertiary alicyclic amines) is 1. The van der Waals surface area contributed by atoms with Crippen LogP contribution in [-0.4, -0.2) is 58.6 Å². The molecule has 0 aliphatic carbocycles. The van der Waals surface area contributed by atoms with Gasteiger partial charge in [-0.15, -0.1) is 0 Å². The van der Waals surface area contributed by atoms with E-state index in [1.165, 1.54) is 0 Å². The molecule has 3 heterocycles. The number of aromatic nitrogens is 2. The number of ether oxygens (including phenoxy) is 2. The van der Waals surface area contributed by atoms with E-state index >= 15 is 0 Å². The number of hydrogen-bond donors (Lipinski definition) is 2. The molecule has 1 saturated heterocycles. The van der Waals surface area contributed by atoms with Crippen LogP contribution in [0, 0.1) is 0 Å². The van der Waals surface area contributed by atoms with Crippen molar-refractivity contribution < 1.29 is 19.1 Å². The van der Waals surface area contributed by atoms with Gasteiger partial charge in [-0.2, -0.15) is 0 Å². The first kappa shape index (κ1) is 24.4. The first-order valence-electron chi connectivity index (χ1n) is 11.7. The van der Waals surface area contributed by atoms with Gasteiger partial charge in [0, 0.05) is 23.3 Å². The van der Waals surface area contributed by atoms with Crippen LogP contribution in [0.2, 0.25) is 0 Å². The minimum absolute atomic E-state index is 0.147. The second kappa shape index (κ2) is 10.3. The lowest BCUT2D eigenvalue weighted by Crippen LogP contribution is -2.43. The number of fused-ring (bicyclic) bond motifs is 1. The predicted molar refractivity (Wildman–Crippen MR) is 134 cm³/mol. The van der Waals surface area contributed by atoms with Crippen LogP contribution in [0.5, 0.6) is 11.5 Å². The van der Waals surface area contributed by atoms with Gasteiger partial charge in [-0.1, -0.05) is 0 Å². The maximum Gasteiger partial charge on any atom is 0.412 e. The van der Waals surface area contributed by atoms with Gasteiger partial charge in [0.15, 0.2) is 0 Å². The number of hydrogen-bond acceptors (Lipinski definition) is 7. The molecule has 0 spiro atoms. The van der Waals surface area contributed by atoms with Gasteiger partial charge in [-0.25, -0.2) is 9.78 Å². The Hall–Kier alpha value is -3.72. The highest BCUT2D eigenvalue weighted by Crippen LogP contribution is 2.29. The Labute approximate surface area is 204 Å². The minimum atomic E-state index is -0.576. The van der Waals surface area contributed by atoms with E-state index < -0.39 is 11.7 Å². The molecule has 0 radical (unpaired) electrons. The third-order valence-electron chi connectivity index (χ3n) is 5.60. The van der Waals surface area contributed by atoms with Crippen molar-refractivity contribution in [3.05, 3.63) is 54.5 Å². The largest absolute Gasteiger partial charge is 0.457 e. The molecule has 2 N–H and O–H groups in total. The lowest BCUT2D eigenvalue weighted by Gasteiger charge is -2.29. The van der Waals surface area contributed by atoms with Crippen LogP contribution in [0.25, 0.3) is 10.9 Å². The topological polar surface area (TPSA) is 106 Å². The quantitative estimate of drug-likeness (QED) is 0.553. The van der Waals surface area contributed by atoms with Crippen molar-refractivity contribution in [2.24, 2.45) is 0 Å². The van der Waals surface area contributed by atoms with Gasteiger partial charge < -0.3 is 19.7 Å². The highest BCUT2D eigenvalue weighted by Gasteiger charge is 2.20. The van der Waals surface area contributed by atoms with Crippen molar-refractivity contribution in [3.8, 4) is 11.5 Å². The Bertz CT molecular complexity index is 1200. The summed E-state index contributed by atoms with van der Waals surface area (Å²) in [4.78, 5) is 35.7. The number of nitrogens with zero attached hydrogens (tertiary/aromatic N) is 3. The summed E-state index contributed by atoms with van der Waals surface area (Å²) >= 11 is 0. The van der Waals surface area contributed by atoms with Crippen molar-refractivity contribution in [1.29, 1.82) is 0 Å². The molecule has 1 aromatic carbocycles. The number of piperidine rings is 1. The van der Waals surface area contributed by atoms with Crippen molar-refractivity contribution >= 4 is 28.6 Å². The molecule has 2 amide bonds. The zero-order valence-electron chi connectivity index (χ0n) is 20.5. The number of pyridine rings is 2. The van der Waals surface area contributed by atoms with E-state index in [0.717, 1.165) is 25.9 Å². The van der Waals surface area contributed by atoms with E-state index in [2.05, 4.69) is 32.5 Å². The van der Waals surface area contributed by atoms with Crippen molar-refractivity contribution in [2.45, 2.75) is 45.3 Å². The Morgan fingerprint density at radius 3 is 2.46 bits per heavy atom. The van der Waals surface area contributed by atoms with Crippen LogP contribution >= 0.6 is 0 Å². The summed E-state index contributed by atoms with van der Waals surface area (Å²) in [5.41, 5.74) is 0.962. The van der Waals surface area contributed by atoms with Crippen LogP contribution in [0.3, 0.4) is 0 Å². The van der Waals surface area contributed by atoms with E-state index in [9.17, 15) is 9.59 Å². The summed E-state index contributed by atoms with van der Waals surface area (Å²) in [6.45, 7) is 7.35. The molecule has 1 aliphatic rings. The molecule has 0 atom stereocenters. The van der Waals surface area contributed by atoms with Gasteiger partial charge in [0.2, 0.25) is 0 Å². The lowest BCUT2D eigenvalue weighted by molar-refractivity contribution is 0.0635. The van der Waals surface area contributed by atoms with Crippen LogP contribution in [0.1, 0.15) is 44.1 Å². The van der Waals surface area contributed by atoms with Crippen molar-refractivity contribution in [2.75, 3.05) is 25.5 Å². The fourth-order valence-electron chi connectivity index (χ4n) is 3.80. The van der Waals surface area contributed by atoms with E-state index in [4.69, 9.17) is 9.47 Å². The second-order valence-electron chi connectivity index (χ2n) is 9.70. The minimum Gasteiger partial charge on any atom is -0.457 e. The lowest BCUT2D eigenvalue weighted by atomic mass is 10.1. The Morgan fingerprint density at radius 2 is 1.77 bits per heavy atom. The fraction of sp³-hybridized carbons (Fsp3) is 0.385. The Balaban J connectivity index is 1.46. The molecule has 0 unspecified atom stereocenters. The second-order valence-corrected chi connectivity index (χ2v) is 9.70. The highest BCUT2D eigenvalue weighted by atomic mass is 16.6. The Morgan fingerprint density at radius 1 is 1.06 bits per heavy atom. The summed E-state index contributed by atoms with van der Waals surface area (Å²) in [5.74, 6) is 0.925. The Kier molecular flexibility index (Phi) is 7.16. The SMILES string of the molecule is CN1CCC(NC(=O)c2cc3c(Oc4ccc(NC(=O)OC(C)(C)C)cc4)ccnc3cn2)CC1. The maximum absolute atomic E-state index is 12.8. The average Bonchev–Trinajstić information content (AvgIpc) is 2.80. The predicted octanol–water partition coefficient (Wildman–Crippen LogP) is 4.59. The third kappa shape index (κ3) is 6.66. The van der Waals surface area contributed by atoms with Gasteiger partial charge >= 0.3 is 6.09 Å². The summed E-state index contributed by atoms with van der Waals surface area (Å²) < 4.78 is 11.3. The van der Waals surface area contributed by atoms with Crippen LogP contribution in [0.4, 0.5) is 10.5 Å². The van der Waals surface area contributed by atoms with E-state index in [1.807, 2.05) is 20.8 Å². The number of anilines is 1. The molecule has 35 heavy (non-hydrogen) atoms. The molecular formula is C26H31N5O4. The normalized spacial score (nSPS) is 15.0. The van der Waals surface area contributed by atoms with Gasteiger partial charge in [-0.05, 0) is 90.1 Å². The molecule has 3 aromatic rings. The number of carbonyl (C=O) groups is 2. The molecule has 0 saturated carbocycles. The fourth-order valence-corrected chi connectivity index (χ4v) is 3.80. The van der Waals surface area contributed by atoms with Gasteiger partial charge in [0.25, 0.3) is 5.91 Å². The maximum atomic E-state index is 12.8. The van der Waals surface area contributed by atoms with Crippen LogP contribution in [-0.2, 0) is 4.74 Å². The zero-order valence-corrected chi connectivity index (χ0v) is 20.5. The molecular weight excluding hydrogens is 446 g/mol.